The maximum Gasteiger partial charge on any atom is 1.00 e. The number of aryl methyl sites for hydroxylation is 1. The monoisotopic (exact) mass is 239 g/mol. The topological polar surface area (TPSA) is 3.24 Å². The molecule has 18 heavy (non-hydrogen) atoms. The van der Waals surface area contributed by atoms with Gasteiger partial charge in [-0.2, -0.15) is 35.4 Å². The molecule has 1 aliphatic heterocycles. The van der Waals surface area contributed by atoms with Crippen LogP contribution in [0.2, 0.25) is 0 Å². The van der Waals surface area contributed by atoms with E-state index in [1.165, 1.54) is 30.4 Å². The van der Waals surface area contributed by atoms with Gasteiger partial charge in [-0.15, -0.1) is 0 Å². The van der Waals surface area contributed by atoms with Crippen LogP contribution >= 0.6 is 0 Å². The number of hydrogen-bond acceptors (Lipinski definition) is 1. The number of benzene rings is 1. The van der Waals surface area contributed by atoms with Gasteiger partial charge in [0.2, 0.25) is 0 Å². The van der Waals surface area contributed by atoms with Gasteiger partial charge >= 0.3 is 18.9 Å². The van der Waals surface area contributed by atoms with Crippen LogP contribution in [-0.2, 0) is 6.42 Å². The molecule has 1 saturated heterocycles. The molecule has 0 amide bonds. The zero-order valence-corrected chi connectivity index (χ0v) is 11.2. The fraction of sp³-hybridized carbons (Fsp3) is 0.600. The van der Waals surface area contributed by atoms with E-state index in [9.17, 15) is 4.39 Å². The van der Waals surface area contributed by atoms with Crippen molar-refractivity contribution in [1.29, 1.82) is 0 Å². The minimum atomic E-state index is -0.184. The van der Waals surface area contributed by atoms with Gasteiger partial charge in [-0.25, -0.2) is 0 Å². The summed E-state index contributed by atoms with van der Waals surface area (Å²) in [7, 11) is 0. The molecule has 1 heterocycles. The van der Waals surface area contributed by atoms with E-state index in [-0.39, 0.29) is 25.5 Å². The maximum absolute atomic E-state index is 12.3. The number of likely N-dealkylation sites (tertiary alicyclic amines) is 1. The molecule has 0 bridgehead atoms. The van der Waals surface area contributed by atoms with Gasteiger partial charge in [0.25, 0.3) is 0 Å². The Balaban J connectivity index is 0.00000120. The van der Waals surface area contributed by atoms with Gasteiger partial charge in [-0.1, -0.05) is 6.42 Å². The third-order valence-corrected chi connectivity index (χ3v) is 4.30. The molecule has 0 radical (unpaired) electrons. The summed E-state index contributed by atoms with van der Waals surface area (Å²) in [4.78, 5) is 2.49. The van der Waals surface area contributed by atoms with E-state index in [2.05, 4.69) is 23.1 Å². The first-order valence-corrected chi connectivity index (χ1v) is 6.69. The summed E-state index contributed by atoms with van der Waals surface area (Å²) in [6, 6.07) is 10.4. The first kappa shape index (κ1) is 14.1. The van der Waals surface area contributed by atoms with Crippen molar-refractivity contribution in [1.82, 2.24) is 4.90 Å². The van der Waals surface area contributed by atoms with Crippen molar-refractivity contribution in [2.75, 3.05) is 19.8 Å². The predicted molar refractivity (Wildman–Crippen MR) is 66.9 cm³/mol. The van der Waals surface area contributed by atoms with Crippen LogP contribution in [0, 0.1) is 6.07 Å². The molecule has 0 spiro atoms. The van der Waals surface area contributed by atoms with Crippen LogP contribution in [0.5, 0.6) is 0 Å². The first-order valence-electron chi connectivity index (χ1n) is 6.69. The molecule has 1 aliphatic carbocycles. The van der Waals surface area contributed by atoms with Gasteiger partial charge in [0.05, 0.1) is 6.67 Å². The number of nitrogens with zero attached hydrogens (tertiary/aromatic N) is 1. The molecule has 2 aliphatic rings. The molecule has 0 saturated carbocycles. The normalized spacial score (nSPS) is 26.3. The van der Waals surface area contributed by atoms with Crippen molar-refractivity contribution < 1.29 is 23.3 Å². The molecule has 0 aromatic heterocycles. The van der Waals surface area contributed by atoms with Crippen molar-refractivity contribution in [2.45, 2.75) is 37.6 Å². The third-order valence-electron chi connectivity index (χ3n) is 4.30. The van der Waals surface area contributed by atoms with E-state index in [4.69, 9.17) is 0 Å². The fourth-order valence-corrected chi connectivity index (χ4v) is 3.53. The second-order valence-electron chi connectivity index (χ2n) is 5.19. The number of alkyl halides is 1. The Bertz CT molecular complexity index is 396. The Morgan fingerprint density at radius 2 is 2.28 bits per heavy atom. The average molecular weight is 239 g/mol. The summed E-state index contributed by atoms with van der Waals surface area (Å²) in [6.45, 7) is 1.88. The summed E-state index contributed by atoms with van der Waals surface area (Å²) >= 11 is 0. The summed E-state index contributed by atoms with van der Waals surface area (Å²) in [5.74, 6) is 0.652. The van der Waals surface area contributed by atoms with Crippen LogP contribution in [0.4, 0.5) is 4.39 Å². The smallest absolute Gasteiger partial charge is 0.300 e. The SMILES string of the molecule is FCCCN1CC[C@H]2c3[c-]cccc3CC[C@H]21.[Li+]. The van der Waals surface area contributed by atoms with E-state index in [1.54, 1.807) is 0 Å². The second-order valence-corrected chi connectivity index (χ2v) is 5.19. The number of rotatable bonds is 3. The zero-order valence-electron chi connectivity index (χ0n) is 11.2. The molecule has 92 valence electrons. The molecule has 3 heteroatoms. The van der Waals surface area contributed by atoms with Gasteiger partial charge in [-0.3, -0.25) is 9.29 Å². The van der Waals surface area contributed by atoms with Crippen LogP contribution in [0.25, 0.3) is 0 Å². The molecule has 1 aromatic rings. The van der Waals surface area contributed by atoms with E-state index in [0.29, 0.717) is 18.4 Å². The summed E-state index contributed by atoms with van der Waals surface area (Å²) < 4.78 is 12.3. The molecule has 1 nitrogen and oxygen atoms in total. The Kier molecular flexibility index (Phi) is 4.89. The van der Waals surface area contributed by atoms with Crippen LogP contribution in [0.1, 0.15) is 36.3 Å². The molecule has 1 fully saturated rings. The van der Waals surface area contributed by atoms with Crippen molar-refractivity contribution in [3.8, 4) is 0 Å². The van der Waals surface area contributed by atoms with Crippen molar-refractivity contribution in [3.05, 3.63) is 35.4 Å². The molecule has 0 N–H and O–H groups in total. The number of halogens is 1. The van der Waals surface area contributed by atoms with E-state index >= 15 is 0 Å². The average Bonchev–Trinajstić information content (AvgIpc) is 2.80. The maximum atomic E-state index is 12.3. The van der Waals surface area contributed by atoms with Gasteiger partial charge in [0, 0.05) is 12.6 Å². The van der Waals surface area contributed by atoms with Crippen LogP contribution in [0.3, 0.4) is 0 Å². The van der Waals surface area contributed by atoms with Crippen LogP contribution in [-0.4, -0.2) is 30.7 Å². The molecule has 1 aromatic carbocycles. The molecule has 2 atom stereocenters. The quantitative estimate of drug-likeness (QED) is 0.528. The molecule has 0 unspecified atom stereocenters. The Morgan fingerprint density at radius 3 is 3.11 bits per heavy atom. The Hall–Kier alpha value is -0.293. The fourth-order valence-electron chi connectivity index (χ4n) is 3.53. The summed E-state index contributed by atoms with van der Waals surface area (Å²) in [6.07, 6.45) is 4.32. The van der Waals surface area contributed by atoms with Gasteiger partial charge < -0.3 is 0 Å². The second kappa shape index (κ2) is 6.24. The van der Waals surface area contributed by atoms with E-state index in [0.717, 1.165) is 13.1 Å². The molecular weight excluding hydrogens is 220 g/mol. The Morgan fingerprint density at radius 1 is 1.39 bits per heavy atom. The largest absolute Gasteiger partial charge is 1.00 e. The predicted octanol–water partition coefficient (Wildman–Crippen LogP) is -0.0455. The first-order chi connectivity index (χ1) is 8.40. The van der Waals surface area contributed by atoms with Crippen molar-refractivity contribution in [3.63, 3.8) is 0 Å². The summed E-state index contributed by atoms with van der Waals surface area (Å²) in [5.41, 5.74) is 2.92. The van der Waals surface area contributed by atoms with Crippen molar-refractivity contribution >= 4 is 0 Å². The number of fused-ring (bicyclic) bond motifs is 3. The van der Waals surface area contributed by atoms with E-state index < -0.39 is 0 Å². The minimum absolute atomic E-state index is 0. The zero-order chi connectivity index (χ0) is 11.7. The van der Waals surface area contributed by atoms with E-state index in [1.807, 2.05) is 6.07 Å². The molecular formula is C15H19FLiN. The number of hydrogen-bond donors (Lipinski definition) is 0. The molecule has 3 rings (SSSR count). The van der Waals surface area contributed by atoms with Crippen LogP contribution < -0.4 is 18.9 Å². The van der Waals surface area contributed by atoms with Crippen molar-refractivity contribution in [2.24, 2.45) is 0 Å². The van der Waals surface area contributed by atoms with Crippen LogP contribution in [0.15, 0.2) is 18.2 Å². The Labute approximate surface area is 121 Å². The van der Waals surface area contributed by atoms with Gasteiger partial charge in [-0.05, 0) is 31.7 Å². The minimum Gasteiger partial charge on any atom is -0.300 e. The van der Waals surface area contributed by atoms with Gasteiger partial charge in [0.1, 0.15) is 0 Å². The third kappa shape index (κ3) is 2.52. The summed E-state index contributed by atoms with van der Waals surface area (Å²) in [5, 5.41) is 0. The standard InChI is InChI=1S/C15H19FN.Li/c16-9-3-10-17-11-8-14-13-5-2-1-4-12(13)6-7-15(14)17;/h1-2,4,14-15H,3,6-11H2;/q-1;+1/t14-,15+;/m0./s1. The van der Waals surface area contributed by atoms with Gasteiger partial charge in [0.15, 0.2) is 0 Å².